The van der Waals surface area contributed by atoms with Crippen molar-refractivity contribution in [2.45, 2.75) is 13.8 Å². The fourth-order valence-corrected chi connectivity index (χ4v) is 1.74. The Balaban J connectivity index is 2.59. The number of hydrogen-bond acceptors (Lipinski definition) is 1. The summed E-state index contributed by atoms with van der Waals surface area (Å²) in [6, 6.07) is 14.6. The fourth-order valence-electron chi connectivity index (χ4n) is 1.74. The molecule has 0 aromatic heterocycles. The number of para-hydroxylation sites is 1. The maximum atomic E-state index is 6.06. The molecular formula is C14H15N. The second kappa shape index (κ2) is 3.77. The lowest BCUT2D eigenvalue weighted by atomic mass is 10.00. The van der Waals surface area contributed by atoms with Gasteiger partial charge in [0.2, 0.25) is 0 Å². The minimum absolute atomic E-state index is 0.878. The van der Waals surface area contributed by atoms with Crippen LogP contribution in [0.1, 0.15) is 11.1 Å². The van der Waals surface area contributed by atoms with Crippen LogP contribution in [0.15, 0.2) is 42.5 Å². The lowest BCUT2D eigenvalue weighted by molar-refractivity contribution is 1.44. The molecule has 0 spiro atoms. The molecule has 0 saturated heterocycles. The Hall–Kier alpha value is -1.76. The third-order valence-electron chi connectivity index (χ3n) is 2.65. The van der Waals surface area contributed by atoms with Crippen LogP contribution in [0.4, 0.5) is 5.69 Å². The molecular weight excluding hydrogens is 182 g/mol. The van der Waals surface area contributed by atoms with Crippen molar-refractivity contribution in [2.75, 3.05) is 5.73 Å². The minimum Gasteiger partial charge on any atom is -0.398 e. The van der Waals surface area contributed by atoms with Gasteiger partial charge >= 0.3 is 0 Å². The number of rotatable bonds is 1. The van der Waals surface area contributed by atoms with Gasteiger partial charge in [-0.3, -0.25) is 0 Å². The lowest BCUT2D eigenvalue weighted by Gasteiger charge is -2.08. The minimum atomic E-state index is 0.878. The van der Waals surface area contributed by atoms with Gasteiger partial charge in [-0.25, -0.2) is 0 Å². The van der Waals surface area contributed by atoms with E-state index in [1.807, 2.05) is 19.1 Å². The lowest BCUT2D eigenvalue weighted by Crippen LogP contribution is -1.93. The number of benzene rings is 2. The Bertz CT molecular complexity index is 486. The van der Waals surface area contributed by atoms with Crippen molar-refractivity contribution in [1.82, 2.24) is 0 Å². The van der Waals surface area contributed by atoms with Crippen molar-refractivity contribution in [3.63, 3.8) is 0 Å². The van der Waals surface area contributed by atoms with E-state index in [0.717, 1.165) is 16.8 Å². The second-order valence-electron chi connectivity index (χ2n) is 3.91. The molecule has 1 heteroatoms. The zero-order chi connectivity index (χ0) is 10.8. The molecule has 0 amide bonds. The van der Waals surface area contributed by atoms with Gasteiger partial charge in [0.15, 0.2) is 0 Å². The van der Waals surface area contributed by atoms with E-state index in [2.05, 4.69) is 37.3 Å². The highest BCUT2D eigenvalue weighted by Crippen LogP contribution is 2.28. The Morgan fingerprint density at radius 3 is 2.40 bits per heavy atom. The first-order valence-corrected chi connectivity index (χ1v) is 5.10. The van der Waals surface area contributed by atoms with Gasteiger partial charge in [-0.15, -0.1) is 0 Å². The van der Waals surface area contributed by atoms with Gasteiger partial charge < -0.3 is 5.73 Å². The van der Waals surface area contributed by atoms with Crippen LogP contribution < -0.4 is 5.73 Å². The van der Waals surface area contributed by atoms with Gasteiger partial charge in [0.25, 0.3) is 0 Å². The highest BCUT2D eigenvalue weighted by atomic mass is 14.6. The van der Waals surface area contributed by atoms with Crippen molar-refractivity contribution in [1.29, 1.82) is 0 Å². The first kappa shape index (κ1) is 9.78. The summed E-state index contributed by atoms with van der Waals surface area (Å²) in [7, 11) is 0. The number of nitrogen functional groups attached to an aromatic ring is 1. The monoisotopic (exact) mass is 197 g/mol. The molecule has 1 nitrogen and oxygen atoms in total. The molecule has 0 fully saturated rings. The van der Waals surface area contributed by atoms with Gasteiger partial charge in [-0.05, 0) is 25.0 Å². The van der Waals surface area contributed by atoms with Crippen LogP contribution in [0.3, 0.4) is 0 Å². The predicted octanol–water partition coefficient (Wildman–Crippen LogP) is 3.55. The maximum Gasteiger partial charge on any atom is 0.0423 e. The van der Waals surface area contributed by atoms with Crippen LogP contribution in [0, 0.1) is 13.8 Å². The molecule has 0 atom stereocenters. The van der Waals surface area contributed by atoms with Gasteiger partial charge in [0, 0.05) is 11.3 Å². The fraction of sp³-hybridized carbons (Fsp3) is 0.143. The van der Waals surface area contributed by atoms with Crippen molar-refractivity contribution in [2.24, 2.45) is 0 Å². The van der Waals surface area contributed by atoms with Gasteiger partial charge in [-0.2, -0.15) is 0 Å². The van der Waals surface area contributed by atoms with E-state index in [1.54, 1.807) is 0 Å². The molecule has 2 aromatic carbocycles. The summed E-state index contributed by atoms with van der Waals surface area (Å²) in [5.74, 6) is 0. The van der Waals surface area contributed by atoms with Gasteiger partial charge in [0.1, 0.15) is 0 Å². The molecule has 2 aromatic rings. The third kappa shape index (κ3) is 1.86. The number of anilines is 1. The van der Waals surface area contributed by atoms with Crippen LogP contribution in [0.2, 0.25) is 0 Å². The molecule has 2 N–H and O–H groups in total. The Labute approximate surface area is 90.6 Å². The number of hydrogen-bond donors (Lipinski definition) is 1. The third-order valence-corrected chi connectivity index (χ3v) is 2.65. The summed E-state index contributed by atoms with van der Waals surface area (Å²) in [5, 5.41) is 0. The summed E-state index contributed by atoms with van der Waals surface area (Å²) in [6.45, 7) is 4.13. The molecule has 0 unspecified atom stereocenters. The Morgan fingerprint density at radius 2 is 1.67 bits per heavy atom. The van der Waals surface area contributed by atoms with E-state index in [4.69, 9.17) is 5.73 Å². The quantitative estimate of drug-likeness (QED) is 0.695. The zero-order valence-electron chi connectivity index (χ0n) is 9.12. The van der Waals surface area contributed by atoms with Crippen molar-refractivity contribution >= 4 is 5.69 Å². The summed E-state index contributed by atoms with van der Waals surface area (Å²) in [6.07, 6.45) is 0. The highest BCUT2D eigenvalue weighted by molar-refractivity contribution is 5.78. The largest absolute Gasteiger partial charge is 0.398 e. The van der Waals surface area contributed by atoms with Crippen LogP contribution in [0.5, 0.6) is 0 Å². The molecule has 0 bridgehead atoms. The topological polar surface area (TPSA) is 26.0 Å². The van der Waals surface area contributed by atoms with Crippen molar-refractivity contribution < 1.29 is 0 Å². The number of nitrogens with two attached hydrogens (primary N) is 1. The average Bonchev–Trinajstić information content (AvgIpc) is 2.22. The first-order valence-electron chi connectivity index (χ1n) is 5.10. The molecule has 2 rings (SSSR count). The molecule has 76 valence electrons. The summed E-state index contributed by atoms with van der Waals surface area (Å²) in [5.41, 5.74) is 11.6. The van der Waals surface area contributed by atoms with Gasteiger partial charge in [-0.1, -0.05) is 48.0 Å². The SMILES string of the molecule is Cc1cccc(-c2cccc(C)c2N)c1. The second-order valence-corrected chi connectivity index (χ2v) is 3.91. The molecule has 0 heterocycles. The first-order chi connectivity index (χ1) is 7.18. The Kier molecular flexibility index (Phi) is 2.46. The summed E-state index contributed by atoms with van der Waals surface area (Å²) < 4.78 is 0. The van der Waals surface area contributed by atoms with Crippen molar-refractivity contribution in [3.05, 3.63) is 53.6 Å². The normalized spacial score (nSPS) is 10.3. The van der Waals surface area contributed by atoms with Crippen LogP contribution in [0.25, 0.3) is 11.1 Å². The van der Waals surface area contributed by atoms with E-state index in [-0.39, 0.29) is 0 Å². The smallest absolute Gasteiger partial charge is 0.0423 e. The van der Waals surface area contributed by atoms with E-state index in [9.17, 15) is 0 Å². The van der Waals surface area contributed by atoms with E-state index < -0.39 is 0 Å². The van der Waals surface area contributed by atoms with E-state index >= 15 is 0 Å². The maximum absolute atomic E-state index is 6.06. The molecule has 0 aliphatic rings. The van der Waals surface area contributed by atoms with Crippen molar-refractivity contribution in [3.8, 4) is 11.1 Å². The predicted molar refractivity (Wildman–Crippen MR) is 65.8 cm³/mol. The average molecular weight is 197 g/mol. The molecule has 0 aliphatic heterocycles. The molecule has 0 radical (unpaired) electrons. The van der Waals surface area contributed by atoms with Crippen LogP contribution in [-0.4, -0.2) is 0 Å². The van der Waals surface area contributed by atoms with E-state index in [1.165, 1.54) is 11.1 Å². The van der Waals surface area contributed by atoms with Gasteiger partial charge in [0.05, 0.1) is 0 Å². The van der Waals surface area contributed by atoms with Crippen LogP contribution in [-0.2, 0) is 0 Å². The molecule has 15 heavy (non-hydrogen) atoms. The zero-order valence-corrected chi connectivity index (χ0v) is 9.12. The number of aryl methyl sites for hydroxylation is 2. The van der Waals surface area contributed by atoms with Crippen LogP contribution >= 0.6 is 0 Å². The summed E-state index contributed by atoms with van der Waals surface area (Å²) in [4.78, 5) is 0. The highest BCUT2D eigenvalue weighted by Gasteiger charge is 2.03. The molecule has 0 aliphatic carbocycles. The molecule has 0 saturated carbocycles. The Morgan fingerprint density at radius 1 is 0.933 bits per heavy atom. The van der Waals surface area contributed by atoms with E-state index in [0.29, 0.717) is 0 Å². The standard InChI is InChI=1S/C14H15N/c1-10-5-3-7-12(9-10)13-8-4-6-11(2)14(13)15/h3-9H,15H2,1-2H3. The summed E-state index contributed by atoms with van der Waals surface area (Å²) >= 11 is 0.